The van der Waals surface area contributed by atoms with Gasteiger partial charge in [0.15, 0.2) is 0 Å². The first-order chi connectivity index (χ1) is 18.0. The normalized spacial score (nSPS) is 23.4. The van der Waals surface area contributed by atoms with Gasteiger partial charge in [0.1, 0.15) is 11.6 Å². The van der Waals surface area contributed by atoms with Gasteiger partial charge in [0, 0.05) is 25.0 Å². The van der Waals surface area contributed by atoms with E-state index in [1.807, 2.05) is 43.3 Å². The van der Waals surface area contributed by atoms with E-state index < -0.39 is 0 Å². The molecule has 194 valence electrons. The quantitative estimate of drug-likeness (QED) is 0.464. The fourth-order valence-corrected chi connectivity index (χ4v) is 5.84. The predicted molar refractivity (Wildman–Crippen MR) is 140 cm³/mol. The number of ether oxygens (including phenoxy) is 1. The van der Waals surface area contributed by atoms with Crippen LogP contribution in [0.4, 0.5) is 8.78 Å². The Morgan fingerprint density at radius 3 is 2.05 bits per heavy atom. The molecule has 3 aromatic rings. The summed E-state index contributed by atoms with van der Waals surface area (Å²) in [5.41, 5.74) is 3.91. The first-order valence-electron chi connectivity index (χ1n) is 13.2. The summed E-state index contributed by atoms with van der Waals surface area (Å²) in [6.45, 7) is 5.29. The zero-order valence-electron chi connectivity index (χ0n) is 21.2. The lowest BCUT2D eigenvalue weighted by molar-refractivity contribution is -0.127. The van der Waals surface area contributed by atoms with Gasteiger partial charge in [0.05, 0.1) is 19.3 Å². The molecule has 4 nitrogen and oxygen atoms in total. The van der Waals surface area contributed by atoms with Crippen molar-refractivity contribution >= 4 is 5.91 Å². The average Bonchev–Trinajstić information content (AvgIpc) is 2.93. The number of nitrogens with one attached hydrogen (secondary N) is 1. The van der Waals surface area contributed by atoms with Gasteiger partial charge in [-0.25, -0.2) is 8.78 Å². The highest BCUT2D eigenvalue weighted by Gasteiger charge is 2.39. The molecule has 6 heteroatoms. The minimum atomic E-state index is -0.389. The predicted octanol–water partition coefficient (Wildman–Crippen LogP) is 5.76. The molecule has 0 aromatic heterocycles. The van der Waals surface area contributed by atoms with Crippen LogP contribution in [-0.4, -0.2) is 43.2 Å². The molecule has 4 unspecified atom stereocenters. The Bertz CT molecular complexity index is 1130. The second-order valence-electron chi connectivity index (χ2n) is 10.3. The summed E-state index contributed by atoms with van der Waals surface area (Å²) >= 11 is 0. The molecule has 1 aliphatic carbocycles. The number of amides is 1. The van der Waals surface area contributed by atoms with E-state index in [9.17, 15) is 13.6 Å². The lowest BCUT2D eigenvalue weighted by Crippen LogP contribution is -2.48. The van der Waals surface area contributed by atoms with Gasteiger partial charge >= 0.3 is 0 Å². The average molecular weight is 505 g/mol. The molecule has 1 N–H and O–H groups in total. The van der Waals surface area contributed by atoms with E-state index in [0.717, 1.165) is 67.8 Å². The molecule has 5 rings (SSSR count). The first kappa shape index (κ1) is 25.6. The smallest absolute Gasteiger partial charge is 0.224 e. The third kappa shape index (κ3) is 6.08. The van der Waals surface area contributed by atoms with Gasteiger partial charge in [0.25, 0.3) is 0 Å². The van der Waals surface area contributed by atoms with Gasteiger partial charge in [-0.05, 0) is 73.1 Å². The zero-order chi connectivity index (χ0) is 25.8. The lowest BCUT2D eigenvalue weighted by atomic mass is 9.72. The molecule has 1 aliphatic heterocycles. The third-order valence-corrected chi connectivity index (χ3v) is 7.92. The van der Waals surface area contributed by atoms with Crippen LogP contribution in [0.2, 0.25) is 0 Å². The van der Waals surface area contributed by atoms with Crippen molar-refractivity contribution in [2.75, 3.05) is 26.3 Å². The minimum absolute atomic E-state index is 0.0194. The molecule has 0 bridgehead atoms. The van der Waals surface area contributed by atoms with E-state index in [4.69, 9.17) is 4.74 Å². The highest BCUT2D eigenvalue weighted by Crippen LogP contribution is 2.40. The van der Waals surface area contributed by atoms with Gasteiger partial charge in [-0.3, -0.25) is 9.69 Å². The summed E-state index contributed by atoms with van der Waals surface area (Å²) in [7, 11) is 0. The molecule has 4 atom stereocenters. The van der Waals surface area contributed by atoms with Crippen molar-refractivity contribution < 1.29 is 18.3 Å². The van der Waals surface area contributed by atoms with Crippen molar-refractivity contribution in [2.45, 2.75) is 44.2 Å². The Morgan fingerprint density at radius 2 is 1.43 bits per heavy atom. The summed E-state index contributed by atoms with van der Waals surface area (Å²) in [5, 5.41) is 3.29. The van der Waals surface area contributed by atoms with E-state index >= 15 is 0 Å². The van der Waals surface area contributed by atoms with Crippen LogP contribution in [0.1, 0.15) is 53.5 Å². The van der Waals surface area contributed by atoms with Gasteiger partial charge in [-0.15, -0.1) is 0 Å². The standard InChI is InChI=1S/C31H34F2N2O2/c1-21-2-4-23(5-3-21)30(24-8-12-26(33)13-9-24)34-31(36)28-15-14-27(35-16-18-37-19-17-35)20-29(28)22-6-10-25(32)11-7-22/h2-13,27-30H,14-20H2,1H3,(H,34,36). The van der Waals surface area contributed by atoms with Gasteiger partial charge < -0.3 is 10.1 Å². The summed E-state index contributed by atoms with van der Waals surface area (Å²) in [4.78, 5) is 16.4. The molecule has 37 heavy (non-hydrogen) atoms. The number of morpholine rings is 1. The van der Waals surface area contributed by atoms with Crippen molar-refractivity contribution in [1.29, 1.82) is 0 Å². The third-order valence-electron chi connectivity index (χ3n) is 7.92. The number of rotatable bonds is 6. The fourth-order valence-electron chi connectivity index (χ4n) is 5.84. The van der Waals surface area contributed by atoms with E-state index in [1.165, 1.54) is 24.3 Å². The van der Waals surface area contributed by atoms with Crippen LogP contribution in [0.5, 0.6) is 0 Å². The molecule has 0 radical (unpaired) electrons. The van der Waals surface area contributed by atoms with Crippen molar-refractivity contribution in [3.63, 3.8) is 0 Å². The zero-order valence-corrected chi connectivity index (χ0v) is 21.2. The van der Waals surface area contributed by atoms with Crippen molar-refractivity contribution in [3.05, 3.63) is 107 Å². The number of nitrogens with zero attached hydrogens (tertiary/aromatic N) is 1. The number of carbonyl (C=O) groups excluding carboxylic acids is 1. The SMILES string of the molecule is Cc1ccc(C(NC(=O)C2CCC(N3CCOCC3)CC2c2ccc(F)cc2)c2ccc(F)cc2)cc1. The van der Waals surface area contributed by atoms with E-state index in [1.54, 1.807) is 12.1 Å². The van der Waals surface area contributed by atoms with Gasteiger partial charge in [-0.1, -0.05) is 54.1 Å². The molecule has 1 heterocycles. The highest BCUT2D eigenvalue weighted by molar-refractivity contribution is 5.81. The molecule has 1 saturated heterocycles. The Morgan fingerprint density at radius 1 is 0.865 bits per heavy atom. The summed E-state index contributed by atoms with van der Waals surface area (Å²) < 4.78 is 33.0. The Hall–Kier alpha value is -3.09. The summed E-state index contributed by atoms with van der Waals surface area (Å²) in [6.07, 6.45) is 2.52. The maximum Gasteiger partial charge on any atom is 0.224 e. The van der Waals surface area contributed by atoms with E-state index in [0.29, 0.717) is 6.04 Å². The van der Waals surface area contributed by atoms with Crippen LogP contribution in [0.25, 0.3) is 0 Å². The maximum atomic E-state index is 13.9. The van der Waals surface area contributed by atoms with Crippen LogP contribution < -0.4 is 5.32 Å². The summed E-state index contributed by atoms with van der Waals surface area (Å²) in [6, 6.07) is 21.0. The fraction of sp³-hybridized carbons (Fsp3) is 0.387. The van der Waals surface area contributed by atoms with Crippen LogP contribution in [0.3, 0.4) is 0 Å². The number of halogens is 2. The van der Waals surface area contributed by atoms with Crippen LogP contribution in [0, 0.1) is 24.5 Å². The monoisotopic (exact) mass is 504 g/mol. The Balaban J connectivity index is 1.41. The maximum absolute atomic E-state index is 13.9. The van der Waals surface area contributed by atoms with Crippen LogP contribution in [-0.2, 0) is 9.53 Å². The molecule has 3 aromatic carbocycles. The summed E-state index contributed by atoms with van der Waals surface area (Å²) in [5.74, 6) is -0.869. The Labute approximate surface area is 217 Å². The van der Waals surface area contributed by atoms with Crippen molar-refractivity contribution in [1.82, 2.24) is 10.2 Å². The van der Waals surface area contributed by atoms with E-state index in [-0.39, 0.29) is 35.4 Å². The molecular formula is C31H34F2N2O2. The van der Waals surface area contributed by atoms with Crippen LogP contribution in [0.15, 0.2) is 72.8 Å². The number of carbonyl (C=O) groups is 1. The topological polar surface area (TPSA) is 41.6 Å². The molecule has 1 amide bonds. The van der Waals surface area contributed by atoms with Gasteiger partial charge in [-0.2, -0.15) is 0 Å². The molecule has 2 fully saturated rings. The minimum Gasteiger partial charge on any atom is -0.379 e. The number of benzene rings is 3. The van der Waals surface area contributed by atoms with Crippen LogP contribution >= 0.6 is 0 Å². The second kappa shape index (κ2) is 11.5. The lowest BCUT2D eigenvalue weighted by Gasteiger charge is -2.42. The molecular weight excluding hydrogens is 470 g/mol. The number of hydrogen-bond donors (Lipinski definition) is 1. The molecule has 0 spiro atoms. The number of hydrogen-bond acceptors (Lipinski definition) is 3. The first-order valence-corrected chi connectivity index (χ1v) is 13.2. The molecule has 1 saturated carbocycles. The van der Waals surface area contributed by atoms with Crippen molar-refractivity contribution in [2.24, 2.45) is 5.92 Å². The Kier molecular flexibility index (Phi) is 7.96. The largest absolute Gasteiger partial charge is 0.379 e. The second-order valence-corrected chi connectivity index (χ2v) is 10.3. The number of aryl methyl sites for hydroxylation is 1. The highest BCUT2D eigenvalue weighted by atomic mass is 19.1. The molecule has 2 aliphatic rings. The van der Waals surface area contributed by atoms with Crippen molar-refractivity contribution in [3.8, 4) is 0 Å². The van der Waals surface area contributed by atoms with E-state index in [2.05, 4.69) is 10.2 Å². The van der Waals surface area contributed by atoms with Gasteiger partial charge in [0.2, 0.25) is 5.91 Å².